The summed E-state index contributed by atoms with van der Waals surface area (Å²) in [5, 5.41) is 5.05. The molecule has 1 aromatic heterocycles. The minimum Gasteiger partial charge on any atom is -0.376 e. The lowest BCUT2D eigenvalue weighted by molar-refractivity contribution is 0.0885. The first-order valence-electron chi connectivity index (χ1n) is 10.9. The maximum Gasteiger partial charge on any atom is 0.253 e. The first-order valence-corrected chi connectivity index (χ1v) is 11.3. The molecule has 0 saturated carbocycles. The number of aromatic nitrogens is 1. The predicted molar refractivity (Wildman–Crippen MR) is 123 cm³/mol. The highest BCUT2D eigenvalue weighted by molar-refractivity contribution is 7.80. The molecule has 2 N–H and O–H groups in total. The molecule has 2 aliphatic rings. The average Bonchev–Trinajstić information content (AvgIpc) is 3.44. The van der Waals surface area contributed by atoms with E-state index in [1.165, 1.54) is 5.56 Å². The highest BCUT2D eigenvalue weighted by Crippen LogP contribution is 2.20. The summed E-state index contributed by atoms with van der Waals surface area (Å²) in [6.45, 7) is 7.56. The number of hydrogen-bond donors (Lipinski definition) is 2. The number of fused-ring (bicyclic) bond motifs is 1. The van der Waals surface area contributed by atoms with Crippen molar-refractivity contribution in [2.45, 2.75) is 58.3 Å². The molecule has 1 aromatic carbocycles. The molecule has 2 atom stereocenters. The van der Waals surface area contributed by atoms with Gasteiger partial charge in [0.15, 0.2) is 5.11 Å². The third-order valence-electron chi connectivity index (χ3n) is 6.23. The summed E-state index contributed by atoms with van der Waals surface area (Å²) in [5.74, 6) is 0. The van der Waals surface area contributed by atoms with Gasteiger partial charge in [0.05, 0.1) is 24.3 Å². The van der Waals surface area contributed by atoms with Gasteiger partial charge in [-0.2, -0.15) is 0 Å². The van der Waals surface area contributed by atoms with Crippen molar-refractivity contribution in [1.82, 2.24) is 15.2 Å². The summed E-state index contributed by atoms with van der Waals surface area (Å²) in [4.78, 5) is 18.0. The Labute approximate surface area is 182 Å². The van der Waals surface area contributed by atoms with Crippen LogP contribution in [0, 0.1) is 13.8 Å². The number of H-pyrrole nitrogens is 1. The van der Waals surface area contributed by atoms with Gasteiger partial charge in [-0.25, -0.2) is 0 Å². The van der Waals surface area contributed by atoms with Crippen LogP contribution in [0.15, 0.2) is 23.0 Å². The molecule has 0 spiro atoms. The largest absolute Gasteiger partial charge is 0.376 e. The zero-order valence-electron chi connectivity index (χ0n) is 17.8. The summed E-state index contributed by atoms with van der Waals surface area (Å²) in [7, 11) is 0. The van der Waals surface area contributed by atoms with Crippen molar-refractivity contribution < 1.29 is 9.47 Å². The third-order valence-corrected chi connectivity index (χ3v) is 6.63. The maximum absolute atomic E-state index is 12.9. The molecule has 0 bridgehead atoms. The van der Waals surface area contributed by atoms with Crippen LogP contribution in [0.2, 0.25) is 0 Å². The standard InChI is InChI=1S/C23H31N3O3S/c1-15-7-8-17-11-18(22(27)25-21(17)16(15)2)13-26(14-20-6-4-10-29-20)23(30)24-12-19-5-3-9-28-19/h7-8,11,19-20H,3-6,9-10,12-14H2,1-2H3,(H,24,30)(H,25,27)/t19-,20+/m0/s1. The molecule has 2 fully saturated rings. The maximum atomic E-state index is 12.9. The molecular weight excluding hydrogens is 398 g/mol. The monoisotopic (exact) mass is 429 g/mol. The Morgan fingerprint density at radius 2 is 1.93 bits per heavy atom. The van der Waals surface area contributed by atoms with Gasteiger partial charge in [-0.3, -0.25) is 4.79 Å². The Kier molecular flexibility index (Phi) is 6.71. The van der Waals surface area contributed by atoms with Gasteiger partial charge in [0, 0.05) is 31.9 Å². The zero-order valence-corrected chi connectivity index (χ0v) is 18.6. The topological polar surface area (TPSA) is 66.6 Å². The summed E-state index contributed by atoms with van der Waals surface area (Å²) in [6.07, 6.45) is 4.62. The molecule has 2 aliphatic heterocycles. The quantitative estimate of drug-likeness (QED) is 0.688. The van der Waals surface area contributed by atoms with E-state index in [-0.39, 0.29) is 17.8 Å². The Bertz CT molecular complexity index is 962. The van der Waals surface area contributed by atoms with Crippen LogP contribution >= 0.6 is 12.2 Å². The van der Waals surface area contributed by atoms with E-state index in [2.05, 4.69) is 34.3 Å². The number of thiocarbonyl (C=S) groups is 1. The van der Waals surface area contributed by atoms with Crippen LogP contribution in [0.25, 0.3) is 10.9 Å². The van der Waals surface area contributed by atoms with Gasteiger partial charge in [0.25, 0.3) is 5.56 Å². The fourth-order valence-corrected chi connectivity index (χ4v) is 4.49. The Morgan fingerprint density at radius 3 is 2.63 bits per heavy atom. The van der Waals surface area contributed by atoms with Crippen LogP contribution in [-0.2, 0) is 16.0 Å². The predicted octanol–water partition coefficient (Wildman–Crippen LogP) is 3.18. The number of aromatic amines is 1. The molecule has 0 unspecified atom stereocenters. The summed E-state index contributed by atoms with van der Waals surface area (Å²) >= 11 is 5.71. The first-order chi connectivity index (χ1) is 14.5. The van der Waals surface area contributed by atoms with Crippen LogP contribution < -0.4 is 10.9 Å². The number of pyridine rings is 1. The average molecular weight is 430 g/mol. The van der Waals surface area contributed by atoms with Crippen LogP contribution in [0.5, 0.6) is 0 Å². The molecule has 30 heavy (non-hydrogen) atoms. The summed E-state index contributed by atoms with van der Waals surface area (Å²) < 4.78 is 11.5. The fourth-order valence-electron chi connectivity index (χ4n) is 4.26. The van der Waals surface area contributed by atoms with Crippen LogP contribution in [0.3, 0.4) is 0 Å². The Morgan fingerprint density at radius 1 is 1.20 bits per heavy atom. The minimum absolute atomic E-state index is 0.0598. The van der Waals surface area contributed by atoms with E-state index in [4.69, 9.17) is 21.7 Å². The van der Waals surface area contributed by atoms with Crippen molar-refractivity contribution in [3.05, 3.63) is 45.2 Å². The molecule has 0 amide bonds. The molecule has 6 nitrogen and oxygen atoms in total. The van der Waals surface area contributed by atoms with E-state index in [1.54, 1.807) is 0 Å². The molecule has 162 valence electrons. The minimum atomic E-state index is -0.0598. The summed E-state index contributed by atoms with van der Waals surface area (Å²) in [5.41, 5.74) is 3.85. The molecule has 0 radical (unpaired) electrons. The Balaban J connectivity index is 1.53. The van der Waals surface area contributed by atoms with Gasteiger partial charge in [-0.15, -0.1) is 0 Å². The van der Waals surface area contributed by atoms with Crippen molar-refractivity contribution >= 4 is 28.2 Å². The normalized spacial score (nSPS) is 21.3. The second kappa shape index (κ2) is 9.45. The first kappa shape index (κ1) is 21.3. The van der Waals surface area contributed by atoms with Crippen molar-refractivity contribution in [3.63, 3.8) is 0 Å². The van der Waals surface area contributed by atoms with Gasteiger partial charge in [-0.1, -0.05) is 12.1 Å². The highest BCUT2D eigenvalue weighted by atomic mass is 32.1. The van der Waals surface area contributed by atoms with Crippen molar-refractivity contribution in [3.8, 4) is 0 Å². The van der Waals surface area contributed by atoms with Gasteiger partial charge in [0.1, 0.15) is 0 Å². The van der Waals surface area contributed by atoms with Crippen molar-refractivity contribution in [2.75, 3.05) is 26.3 Å². The van der Waals surface area contributed by atoms with Gasteiger partial charge >= 0.3 is 0 Å². The second-order valence-electron chi connectivity index (χ2n) is 8.43. The fraction of sp³-hybridized carbons (Fsp3) is 0.565. The van der Waals surface area contributed by atoms with Crippen LogP contribution in [-0.4, -0.2) is 53.5 Å². The SMILES string of the molecule is Cc1ccc2cc(CN(C[C@H]3CCCO3)C(=S)NC[C@@H]3CCCO3)c(=O)[nH]c2c1C. The van der Waals surface area contributed by atoms with E-state index in [9.17, 15) is 4.79 Å². The number of rotatable bonds is 6. The molecular formula is C23H31N3O3S. The highest BCUT2D eigenvalue weighted by Gasteiger charge is 2.23. The number of aryl methyl sites for hydroxylation is 2. The van der Waals surface area contributed by atoms with E-state index in [0.717, 1.165) is 55.4 Å². The molecule has 2 saturated heterocycles. The lowest BCUT2D eigenvalue weighted by atomic mass is 10.0. The van der Waals surface area contributed by atoms with Crippen LogP contribution in [0.4, 0.5) is 0 Å². The molecule has 4 rings (SSSR count). The van der Waals surface area contributed by atoms with Gasteiger partial charge < -0.3 is 24.7 Å². The number of hydrogen-bond acceptors (Lipinski definition) is 4. The Hall–Kier alpha value is -1.96. The van der Waals surface area contributed by atoms with Crippen molar-refractivity contribution in [2.24, 2.45) is 0 Å². The smallest absolute Gasteiger partial charge is 0.253 e. The summed E-state index contributed by atoms with van der Waals surface area (Å²) in [6, 6.07) is 6.15. The number of ether oxygens (including phenoxy) is 2. The van der Waals surface area contributed by atoms with Gasteiger partial charge in [0.2, 0.25) is 0 Å². The zero-order chi connectivity index (χ0) is 21.1. The molecule has 0 aliphatic carbocycles. The number of nitrogens with one attached hydrogen (secondary N) is 2. The van der Waals surface area contributed by atoms with E-state index < -0.39 is 0 Å². The third kappa shape index (κ3) is 4.85. The number of nitrogens with zero attached hydrogens (tertiary/aromatic N) is 1. The lowest BCUT2D eigenvalue weighted by Gasteiger charge is -2.29. The van der Waals surface area contributed by atoms with Gasteiger partial charge in [-0.05, 0) is 74.3 Å². The van der Waals surface area contributed by atoms with E-state index in [0.29, 0.717) is 30.3 Å². The number of benzene rings is 1. The second-order valence-corrected chi connectivity index (χ2v) is 8.82. The van der Waals surface area contributed by atoms with Crippen LogP contribution in [0.1, 0.15) is 42.4 Å². The lowest BCUT2D eigenvalue weighted by Crippen LogP contribution is -2.45. The van der Waals surface area contributed by atoms with E-state index >= 15 is 0 Å². The van der Waals surface area contributed by atoms with Crippen molar-refractivity contribution in [1.29, 1.82) is 0 Å². The van der Waals surface area contributed by atoms with E-state index in [1.807, 2.05) is 13.0 Å². The molecule has 2 aromatic rings. The molecule has 3 heterocycles. The molecule has 7 heteroatoms.